The standard InChI is InChI=1S/C13H13NO/c1-9-3-4-11(5-10(9)2)13(8-14)6-12(15)7-13/h3-5H,6-7H2,1-2H3. The first-order valence-electron chi connectivity index (χ1n) is 5.08. The summed E-state index contributed by atoms with van der Waals surface area (Å²) in [6, 6.07) is 8.31. The number of rotatable bonds is 1. The van der Waals surface area contributed by atoms with E-state index in [1.54, 1.807) is 0 Å². The fourth-order valence-electron chi connectivity index (χ4n) is 2.01. The van der Waals surface area contributed by atoms with Crippen molar-refractivity contribution in [1.82, 2.24) is 0 Å². The zero-order chi connectivity index (χ0) is 11.1. The maximum Gasteiger partial charge on any atom is 0.136 e. The molecule has 0 bridgehead atoms. The molecule has 1 aliphatic rings. The first kappa shape index (κ1) is 9.92. The van der Waals surface area contributed by atoms with E-state index in [0.717, 1.165) is 5.56 Å². The average molecular weight is 199 g/mol. The van der Waals surface area contributed by atoms with Crippen LogP contribution in [0, 0.1) is 25.2 Å². The number of Topliss-reactive ketones (excluding diaryl/α,β-unsaturated/α-hetero) is 1. The highest BCUT2D eigenvalue weighted by Gasteiger charge is 2.45. The topological polar surface area (TPSA) is 40.9 Å². The largest absolute Gasteiger partial charge is 0.300 e. The molecule has 0 saturated heterocycles. The van der Waals surface area contributed by atoms with E-state index in [0.29, 0.717) is 12.8 Å². The van der Waals surface area contributed by atoms with E-state index >= 15 is 0 Å². The quantitative estimate of drug-likeness (QED) is 0.697. The molecule has 0 amide bonds. The summed E-state index contributed by atoms with van der Waals surface area (Å²) in [6.45, 7) is 4.08. The molecular formula is C13H13NO. The van der Waals surface area contributed by atoms with Gasteiger partial charge in [0.1, 0.15) is 5.78 Å². The van der Waals surface area contributed by atoms with Gasteiger partial charge >= 0.3 is 0 Å². The van der Waals surface area contributed by atoms with Gasteiger partial charge in [-0.25, -0.2) is 0 Å². The van der Waals surface area contributed by atoms with Crippen LogP contribution in [0.3, 0.4) is 0 Å². The Balaban J connectivity index is 2.42. The molecule has 2 nitrogen and oxygen atoms in total. The molecule has 15 heavy (non-hydrogen) atoms. The second kappa shape index (κ2) is 3.20. The molecule has 1 aromatic carbocycles. The molecule has 0 N–H and O–H groups in total. The van der Waals surface area contributed by atoms with Gasteiger partial charge in [-0.15, -0.1) is 0 Å². The fraction of sp³-hybridized carbons (Fsp3) is 0.385. The molecule has 2 rings (SSSR count). The van der Waals surface area contributed by atoms with Crippen molar-refractivity contribution in [1.29, 1.82) is 5.26 Å². The highest BCUT2D eigenvalue weighted by molar-refractivity contribution is 5.90. The summed E-state index contributed by atoms with van der Waals surface area (Å²) in [5.41, 5.74) is 2.86. The van der Waals surface area contributed by atoms with Gasteiger partial charge in [-0.3, -0.25) is 4.79 Å². The SMILES string of the molecule is Cc1ccc(C2(C#N)CC(=O)C2)cc1C. The van der Waals surface area contributed by atoms with Crippen LogP contribution in [0.1, 0.15) is 29.5 Å². The van der Waals surface area contributed by atoms with Crippen molar-refractivity contribution < 1.29 is 4.79 Å². The Labute approximate surface area is 89.5 Å². The molecule has 2 heteroatoms. The summed E-state index contributed by atoms with van der Waals surface area (Å²) in [5, 5.41) is 9.17. The number of nitriles is 1. The van der Waals surface area contributed by atoms with Crippen LogP contribution < -0.4 is 0 Å². The second-order valence-electron chi connectivity index (χ2n) is 4.39. The van der Waals surface area contributed by atoms with Crippen LogP contribution in [-0.4, -0.2) is 5.78 Å². The predicted octanol–water partition coefficient (Wildman–Crippen LogP) is 2.43. The summed E-state index contributed by atoms with van der Waals surface area (Å²) in [6.07, 6.45) is 0.762. The molecule has 0 aromatic heterocycles. The van der Waals surface area contributed by atoms with E-state index < -0.39 is 5.41 Å². The third kappa shape index (κ3) is 1.45. The zero-order valence-electron chi connectivity index (χ0n) is 9.00. The normalized spacial score (nSPS) is 18.1. The van der Waals surface area contributed by atoms with Crippen LogP contribution in [0.4, 0.5) is 0 Å². The average Bonchev–Trinajstić information content (AvgIpc) is 2.17. The van der Waals surface area contributed by atoms with Crippen molar-refractivity contribution in [3.63, 3.8) is 0 Å². The molecule has 1 aromatic rings. The Bertz CT molecular complexity index is 460. The number of aryl methyl sites for hydroxylation is 2. The Morgan fingerprint density at radius 3 is 2.40 bits per heavy atom. The predicted molar refractivity (Wildman–Crippen MR) is 57.4 cm³/mol. The molecule has 0 spiro atoms. The number of benzene rings is 1. The smallest absolute Gasteiger partial charge is 0.136 e. The van der Waals surface area contributed by atoms with Crippen LogP contribution in [0.2, 0.25) is 0 Å². The minimum Gasteiger partial charge on any atom is -0.300 e. The zero-order valence-corrected chi connectivity index (χ0v) is 9.00. The van der Waals surface area contributed by atoms with Crippen molar-refractivity contribution in [2.45, 2.75) is 32.1 Å². The van der Waals surface area contributed by atoms with Gasteiger partial charge in [0.25, 0.3) is 0 Å². The van der Waals surface area contributed by atoms with Crippen LogP contribution in [-0.2, 0) is 10.2 Å². The van der Waals surface area contributed by atoms with E-state index in [1.165, 1.54) is 11.1 Å². The Morgan fingerprint density at radius 2 is 1.93 bits per heavy atom. The van der Waals surface area contributed by atoms with Gasteiger partial charge in [-0.1, -0.05) is 18.2 Å². The highest BCUT2D eigenvalue weighted by Crippen LogP contribution is 2.41. The first-order valence-corrected chi connectivity index (χ1v) is 5.08. The van der Waals surface area contributed by atoms with Crippen molar-refractivity contribution in [3.8, 4) is 6.07 Å². The maximum absolute atomic E-state index is 11.0. The van der Waals surface area contributed by atoms with Crippen molar-refractivity contribution >= 4 is 5.78 Å². The molecule has 0 radical (unpaired) electrons. The number of carbonyl (C=O) groups is 1. The summed E-state index contributed by atoms with van der Waals surface area (Å²) in [7, 11) is 0. The Hall–Kier alpha value is -1.62. The lowest BCUT2D eigenvalue weighted by Crippen LogP contribution is -2.40. The number of hydrogen-bond acceptors (Lipinski definition) is 2. The Morgan fingerprint density at radius 1 is 1.27 bits per heavy atom. The van der Waals surface area contributed by atoms with Crippen LogP contribution >= 0.6 is 0 Å². The molecule has 1 saturated carbocycles. The van der Waals surface area contributed by atoms with Crippen molar-refractivity contribution in [3.05, 3.63) is 34.9 Å². The van der Waals surface area contributed by atoms with Crippen molar-refractivity contribution in [2.75, 3.05) is 0 Å². The number of nitrogens with zero attached hydrogens (tertiary/aromatic N) is 1. The lowest BCUT2D eigenvalue weighted by molar-refractivity contribution is -0.126. The Kier molecular flexibility index (Phi) is 2.12. The first-order chi connectivity index (χ1) is 7.07. The minimum atomic E-state index is -0.532. The van der Waals surface area contributed by atoms with Crippen LogP contribution in [0.15, 0.2) is 18.2 Å². The van der Waals surface area contributed by atoms with Gasteiger partial charge in [0.05, 0.1) is 11.5 Å². The highest BCUT2D eigenvalue weighted by atomic mass is 16.1. The molecule has 0 unspecified atom stereocenters. The molecule has 1 fully saturated rings. The molecule has 0 atom stereocenters. The van der Waals surface area contributed by atoms with E-state index in [1.807, 2.05) is 32.0 Å². The van der Waals surface area contributed by atoms with Crippen molar-refractivity contribution in [2.24, 2.45) is 0 Å². The monoisotopic (exact) mass is 199 g/mol. The third-order valence-corrected chi connectivity index (χ3v) is 3.27. The van der Waals surface area contributed by atoms with E-state index in [4.69, 9.17) is 5.26 Å². The van der Waals surface area contributed by atoms with Crippen LogP contribution in [0.5, 0.6) is 0 Å². The number of hydrogen-bond donors (Lipinski definition) is 0. The summed E-state index contributed by atoms with van der Waals surface area (Å²) in [4.78, 5) is 11.0. The summed E-state index contributed by atoms with van der Waals surface area (Å²) >= 11 is 0. The molecular weight excluding hydrogens is 186 g/mol. The second-order valence-corrected chi connectivity index (χ2v) is 4.39. The van der Waals surface area contributed by atoms with E-state index in [9.17, 15) is 4.79 Å². The van der Waals surface area contributed by atoms with Gasteiger partial charge in [-0.05, 0) is 30.5 Å². The molecule has 0 heterocycles. The minimum absolute atomic E-state index is 0.190. The summed E-state index contributed by atoms with van der Waals surface area (Å²) < 4.78 is 0. The van der Waals surface area contributed by atoms with Gasteiger partial charge in [-0.2, -0.15) is 5.26 Å². The van der Waals surface area contributed by atoms with E-state index in [-0.39, 0.29) is 5.78 Å². The van der Waals surface area contributed by atoms with Gasteiger partial charge in [0.2, 0.25) is 0 Å². The molecule has 1 aliphatic carbocycles. The molecule has 76 valence electrons. The molecule has 0 aliphatic heterocycles. The van der Waals surface area contributed by atoms with Gasteiger partial charge in [0, 0.05) is 12.8 Å². The number of ketones is 1. The van der Waals surface area contributed by atoms with Gasteiger partial charge < -0.3 is 0 Å². The fourth-order valence-corrected chi connectivity index (χ4v) is 2.01. The third-order valence-electron chi connectivity index (χ3n) is 3.27. The lowest BCUT2D eigenvalue weighted by atomic mass is 9.64. The van der Waals surface area contributed by atoms with Gasteiger partial charge in [0.15, 0.2) is 0 Å². The number of carbonyl (C=O) groups excluding carboxylic acids is 1. The van der Waals surface area contributed by atoms with Crippen LogP contribution in [0.25, 0.3) is 0 Å². The maximum atomic E-state index is 11.0. The summed E-state index contributed by atoms with van der Waals surface area (Å²) in [5.74, 6) is 0.190. The lowest BCUT2D eigenvalue weighted by Gasteiger charge is -2.34. The van der Waals surface area contributed by atoms with E-state index in [2.05, 4.69) is 6.07 Å².